The SMILES string of the molecule is O=C(CN(c1ccc(F)c(Cl)c1)S(=O)(=O)c1ccccc1)Nc1ccc(Cc2ccncc2)cc1. The number of hydrogen-bond acceptors (Lipinski definition) is 4. The van der Waals surface area contributed by atoms with Crippen molar-refractivity contribution in [2.45, 2.75) is 11.3 Å². The number of amides is 1. The Kier molecular flexibility index (Phi) is 7.43. The molecule has 0 aliphatic rings. The molecule has 0 atom stereocenters. The first-order valence-corrected chi connectivity index (χ1v) is 12.5. The van der Waals surface area contributed by atoms with Crippen LogP contribution in [0.1, 0.15) is 11.1 Å². The van der Waals surface area contributed by atoms with E-state index in [2.05, 4.69) is 10.3 Å². The minimum atomic E-state index is -4.13. The molecule has 4 aromatic rings. The predicted octanol–water partition coefficient (Wildman–Crippen LogP) is 5.30. The molecular weight excluding hydrogens is 489 g/mol. The summed E-state index contributed by atoms with van der Waals surface area (Å²) in [5.41, 5.74) is 2.74. The minimum absolute atomic E-state index is 0.00582. The van der Waals surface area contributed by atoms with Crippen molar-refractivity contribution >= 4 is 38.9 Å². The molecule has 0 radical (unpaired) electrons. The summed E-state index contributed by atoms with van der Waals surface area (Å²) < 4.78 is 41.3. The molecule has 0 aliphatic heterocycles. The molecule has 3 aromatic carbocycles. The van der Waals surface area contributed by atoms with Gasteiger partial charge in [-0.2, -0.15) is 0 Å². The molecule has 1 heterocycles. The van der Waals surface area contributed by atoms with Crippen LogP contribution in [0.3, 0.4) is 0 Å². The number of benzene rings is 3. The molecule has 9 heteroatoms. The van der Waals surface area contributed by atoms with Crippen LogP contribution in [0.5, 0.6) is 0 Å². The van der Waals surface area contributed by atoms with E-state index in [1.165, 1.54) is 24.3 Å². The zero-order chi connectivity index (χ0) is 24.8. The molecule has 1 N–H and O–H groups in total. The number of pyridine rings is 1. The molecule has 0 bridgehead atoms. The van der Waals surface area contributed by atoms with Crippen LogP contribution in [0.4, 0.5) is 15.8 Å². The Morgan fingerprint density at radius 1 is 0.914 bits per heavy atom. The summed E-state index contributed by atoms with van der Waals surface area (Å²) in [5, 5.41) is 2.47. The van der Waals surface area contributed by atoms with Gasteiger partial charge in [-0.1, -0.05) is 41.9 Å². The highest BCUT2D eigenvalue weighted by Crippen LogP contribution is 2.28. The van der Waals surface area contributed by atoms with Gasteiger partial charge < -0.3 is 5.32 Å². The summed E-state index contributed by atoms with van der Waals surface area (Å²) in [6.07, 6.45) is 4.17. The number of carbonyl (C=O) groups is 1. The van der Waals surface area contributed by atoms with Crippen molar-refractivity contribution in [3.8, 4) is 0 Å². The molecule has 0 saturated heterocycles. The van der Waals surface area contributed by atoms with Crippen molar-refractivity contribution in [3.63, 3.8) is 0 Å². The van der Waals surface area contributed by atoms with Crippen LogP contribution in [-0.2, 0) is 21.2 Å². The average Bonchev–Trinajstić information content (AvgIpc) is 2.87. The minimum Gasteiger partial charge on any atom is -0.325 e. The Balaban J connectivity index is 1.54. The molecule has 0 saturated carbocycles. The highest BCUT2D eigenvalue weighted by atomic mass is 35.5. The number of nitrogens with zero attached hydrogens (tertiary/aromatic N) is 2. The normalized spacial score (nSPS) is 11.1. The van der Waals surface area contributed by atoms with E-state index in [0.717, 1.165) is 21.5 Å². The number of anilines is 2. The molecule has 0 aliphatic carbocycles. The first-order chi connectivity index (χ1) is 16.8. The molecule has 1 aromatic heterocycles. The Bertz CT molecular complexity index is 1420. The zero-order valence-corrected chi connectivity index (χ0v) is 20.0. The Hall–Kier alpha value is -3.75. The molecule has 1 amide bonds. The van der Waals surface area contributed by atoms with Gasteiger partial charge in [-0.3, -0.25) is 14.1 Å². The van der Waals surface area contributed by atoms with Crippen LogP contribution in [0.25, 0.3) is 0 Å². The number of carbonyl (C=O) groups excluding carboxylic acids is 1. The lowest BCUT2D eigenvalue weighted by molar-refractivity contribution is -0.114. The fourth-order valence-electron chi connectivity index (χ4n) is 3.45. The predicted molar refractivity (Wildman–Crippen MR) is 134 cm³/mol. The summed E-state index contributed by atoms with van der Waals surface area (Å²) in [6.45, 7) is -0.530. The highest BCUT2D eigenvalue weighted by Gasteiger charge is 2.27. The van der Waals surface area contributed by atoms with E-state index in [0.29, 0.717) is 12.1 Å². The number of sulfonamides is 1. The third-order valence-electron chi connectivity index (χ3n) is 5.20. The highest BCUT2D eigenvalue weighted by molar-refractivity contribution is 7.92. The fraction of sp³-hybridized carbons (Fsp3) is 0.0769. The van der Waals surface area contributed by atoms with Crippen LogP contribution in [0.15, 0.2) is 102 Å². The van der Waals surface area contributed by atoms with Gasteiger partial charge in [0.1, 0.15) is 12.4 Å². The molecule has 0 unspecified atom stereocenters. The maximum atomic E-state index is 13.7. The molecular formula is C26H21ClFN3O3S. The van der Waals surface area contributed by atoms with E-state index in [-0.39, 0.29) is 15.6 Å². The van der Waals surface area contributed by atoms with E-state index in [9.17, 15) is 17.6 Å². The standard InChI is InChI=1S/C26H21ClFN3O3S/c27-24-17-22(10-11-25(24)28)31(35(33,34)23-4-2-1-3-5-23)18-26(32)30-21-8-6-19(7-9-21)16-20-12-14-29-15-13-20/h1-15,17H,16,18H2,(H,30,32). The Morgan fingerprint density at radius 2 is 1.57 bits per heavy atom. The second-order valence-electron chi connectivity index (χ2n) is 7.70. The van der Waals surface area contributed by atoms with E-state index in [4.69, 9.17) is 11.6 Å². The van der Waals surface area contributed by atoms with Gasteiger partial charge in [0.05, 0.1) is 15.6 Å². The number of halogens is 2. The zero-order valence-electron chi connectivity index (χ0n) is 18.4. The Labute approximate surface area is 208 Å². The lowest BCUT2D eigenvalue weighted by atomic mass is 10.1. The monoisotopic (exact) mass is 509 g/mol. The molecule has 0 spiro atoms. The van der Waals surface area contributed by atoms with Crippen molar-refractivity contribution in [3.05, 3.63) is 119 Å². The van der Waals surface area contributed by atoms with Gasteiger partial charge >= 0.3 is 0 Å². The molecule has 6 nitrogen and oxygen atoms in total. The first kappa shape index (κ1) is 24.4. The number of rotatable bonds is 8. The summed E-state index contributed by atoms with van der Waals surface area (Å²) >= 11 is 5.89. The van der Waals surface area contributed by atoms with Gasteiger partial charge in [-0.25, -0.2) is 12.8 Å². The fourth-order valence-corrected chi connectivity index (χ4v) is 5.06. The van der Waals surface area contributed by atoms with Crippen molar-refractivity contribution < 1.29 is 17.6 Å². The smallest absolute Gasteiger partial charge is 0.264 e. The van der Waals surface area contributed by atoms with Crippen LogP contribution in [0.2, 0.25) is 5.02 Å². The van der Waals surface area contributed by atoms with E-state index >= 15 is 0 Å². The van der Waals surface area contributed by atoms with Gasteiger partial charge in [0.25, 0.3) is 10.0 Å². The summed E-state index contributed by atoms with van der Waals surface area (Å²) in [5.74, 6) is -1.25. The topological polar surface area (TPSA) is 79.4 Å². The van der Waals surface area contributed by atoms with E-state index in [1.54, 1.807) is 42.7 Å². The second-order valence-corrected chi connectivity index (χ2v) is 9.97. The summed E-state index contributed by atoms with van der Waals surface area (Å²) in [6, 6.07) is 22.3. The van der Waals surface area contributed by atoms with Crippen LogP contribution < -0.4 is 9.62 Å². The van der Waals surface area contributed by atoms with Gasteiger partial charge in [0, 0.05) is 18.1 Å². The van der Waals surface area contributed by atoms with E-state index < -0.39 is 28.3 Å². The van der Waals surface area contributed by atoms with Gasteiger partial charge in [-0.05, 0) is 72.1 Å². The van der Waals surface area contributed by atoms with Crippen LogP contribution >= 0.6 is 11.6 Å². The Morgan fingerprint density at radius 3 is 2.23 bits per heavy atom. The second kappa shape index (κ2) is 10.7. The van der Waals surface area contributed by atoms with Crippen molar-refractivity contribution in [2.75, 3.05) is 16.2 Å². The van der Waals surface area contributed by atoms with Crippen molar-refractivity contribution in [2.24, 2.45) is 0 Å². The number of nitrogens with one attached hydrogen (secondary N) is 1. The summed E-state index contributed by atoms with van der Waals surface area (Å²) in [4.78, 5) is 16.9. The number of hydrogen-bond donors (Lipinski definition) is 1. The molecule has 35 heavy (non-hydrogen) atoms. The van der Waals surface area contributed by atoms with Crippen LogP contribution in [-0.4, -0.2) is 25.9 Å². The third-order valence-corrected chi connectivity index (χ3v) is 7.28. The first-order valence-electron chi connectivity index (χ1n) is 10.6. The van der Waals surface area contributed by atoms with Gasteiger partial charge in [0.2, 0.25) is 5.91 Å². The lowest BCUT2D eigenvalue weighted by Gasteiger charge is -2.24. The molecule has 0 fully saturated rings. The maximum Gasteiger partial charge on any atom is 0.264 e. The van der Waals surface area contributed by atoms with Crippen molar-refractivity contribution in [1.82, 2.24) is 4.98 Å². The lowest BCUT2D eigenvalue weighted by Crippen LogP contribution is -2.38. The van der Waals surface area contributed by atoms with Crippen LogP contribution in [0, 0.1) is 5.82 Å². The number of aromatic nitrogens is 1. The van der Waals surface area contributed by atoms with E-state index in [1.807, 2.05) is 24.3 Å². The maximum absolute atomic E-state index is 13.7. The van der Waals surface area contributed by atoms with Crippen molar-refractivity contribution in [1.29, 1.82) is 0 Å². The summed E-state index contributed by atoms with van der Waals surface area (Å²) in [7, 11) is -4.13. The average molecular weight is 510 g/mol. The largest absolute Gasteiger partial charge is 0.325 e. The third kappa shape index (κ3) is 6.03. The molecule has 4 rings (SSSR count). The quantitative estimate of drug-likeness (QED) is 0.349. The molecule has 178 valence electrons. The van der Waals surface area contributed by atoms with Gasteiger partial charge in [-0.15, -0.1) is 0 Å². The van der Waals surface area contributed by atoms with Gasteiger partial charge in [0.15, 0.2) is 0 Å².